The fraction of sp³-hybridized carbons (Fsp3) is 0.400. The van der Waals surface area contributed by atoms with Crippen LogP contribution in [-0.4, -0.2) is 55.4 Å². The van der Waals surface area contributed by atoms with E-state index in [4.69, 9.17) is 5.10 Å². The summed E-state index contributed by atoms with van der Waals surface area (Å²) in [5.74, 6) is 1.99. The molecule has 5 rings (SSSR count). The van der Waals surface area contributed by atoms with E-state index < -0.39 is 0 Å². The molecule has 28 heavy (non-hydrogen) atoms. The zero-order chi connectivity index (χ0) is 19.3. The molecular formula is C20H24N8. The summed E-state index contributed by atoms with van der Waals surface area (Å²) in [6, 6.07) is 4.18. The Balaban J connectivity index is 1.41. The first-order chi connectivity index (χ1) is 13.5. The van der Waals surface area contributed by atoms with Crippen molar-refractivity contribution < 1.29 is 0 Å². The summed E-state index contributed by atoms with van der Waals surface area (Å²) in [7, 11) is 0. The molecule has 0 amide bonds. The summed E-state index contributed by atoms with van der Waals surface area (Å²) < 4.78 is 3.82. The van der Waals surface area contributed by atoms with Gasteiger partial charge in [-0.3, -0.25) is 0 Å². The predicted octanol–water partition coefficient (Wildman–Crippen LogP) is 2.40. The smallest absolute Gasteiger partial charge is 0.154 e. The van der Waals surface area contributed by atoms with Crippen LogP contribution >= 0.6 is 0 Å². The Morgan fingerprint density at radius 3 is 2.04 bits per heavy atom. The predicted molar refractivity (Wildman–Crippen MR) is 109 cm³/mol. The summed E-state index contributed by atoms with van der Waals surface area (Å²) in [5.41, 5.74) is 3.20. The Labute approximate surface area is 163 Å². The second-order valence-electron chi connectivity index (χ2n) is 8.25. The molecule has 1 aliphatic heterocycles. The number of aromatic nitrogens is 6. The van der Waals surface area contributed by atoms with E-state index in [-0.39, 0.29) is 5.41 Å². The van der Waals surface area contributed by atoms with Crippen molar-refractivity contribution >= 4 is 22.7 Å². The number of rotatable bonds is 2. The van der Waals surface area contributed by atoms with Crippen molar-refractivity contribution in [2.45, 2.75) is 26.2 Å². The molecule has 1 fully saturated rings. The lowest BCUT2D eigenvalue weighted by Gasteiger charge is -2.36. The van der Waals surface area contributed by atoms with Crippen LogP contribution in [0.4, 0.5) is 11.6 Å². The summed E-state index contributed by atoms with van der Waals surface area (Å²) in [6.45, 7) is 10.1. The number of nitrogens with zero attached hydrogens (tertiary/aromatic N) is 8. The fourth-order valence-electron chi connectivity index (χ4n) is 3.74. The van der Waals surface area contributed by atoms with Gasteiger partial charge in [0.05, 0.1) is 11.9 Å². The molecule has 0 aliphatic carbocycles. The highest BCUT2D eigenvalue weighted by atomic mass is 15.3. The van der Waals surface area contributed by atoms with E-state index in [1.54, 1.807) is 0 Å². The first-order valence-electron chi connectivity index (χ1n) is 9.64. The minimum atomic E-state index is 0.0115. The van der Waals surface area contributed by atoms with Gasteiger partial charge in [0.25, 0.3) is 0 Å². The summed E-state index contributed by atoms with van der Waals surface area (Å²) in [5, 5.41) is 9.06. The van der Waals surface area contributed by atoms with Gasteiger partial charge in [0, 0.05) is 56.4 Å². The van der Waals surface area contributed by atoms with Crippen molar-refractivity contribution in [3.8, 4) is 0 Å². The van der Waals surface area contributed by atoms with Gasteiger partial charge in [-0.2, -0.15) is 10.2 Å². The quantitative estimate of drug-likeness (QED) is 0.535. The number of fused-ring (bicyclic) bond motifs is 2. The van der Waals surface area contributed by atoms with Crippen molar-refractivity contribution in [1.82, 2.24) is 29.2 Å². The Hall–Kier alpha value is -3.16. The highest BCUT2D eigenvalue weighted by Crippen LogP contribution is 2.27. The molecule has 0 atom stereocenters. The lowest BCUT2D eigenvalue weighted by molar-refractivity contribution is 0.562. The van der Waals surface area contributed by atoms with Crippen molar-refractivity contribution in [3.05, 3.63) is 48.8 Å². The van der Waals surface area contributed by atoms with Crippen LogP contribution in [0.25, 0.3) is 11.0 Å². The first kappa shape index (κ1) is 17.0. The molecule has 0 unspecified atom stereocenters. The number of hydrogen-bond donors (Lipinski definition) is 0. The zero-order valence-electron chi connectivity index (χ0n) is 16.4. The van der Waals surface area contributed by atoms with Gasteiger partial charge in [0.2, 0.25) is 0 Å². The average molecular weight is 376 g/mol. The second-order valence-corrected chi connectivity index (χ2v) is 8.25. The largest absolute Gasteiger partial charge is 0.351 e. The molecule has 0 radical (unpaired) electrons. The van der Waals surface area contributed by atoms with Gasteiger partial charge >= 0.3 is 0 Å². The van der Waals surface area contributed by atoms with E-state index in [9.17, 15) is 0 Å². The topological polar surface area (TPSA) is 66.9 Å². The third kappa shape index (κ3) is 2.76. The molecule has 5 heterocycles. The molecule has 4 aromatic rings. The Morgan fingerprint density at radius 2 is 1.39 bits per heavy atom. The molecule has 8 heteroatoms. The Morgan fingerprint density at radius 1 is 0.786 bits per heavy atom. The van der Waals surface area contributed by atoms with Crippen LogP contribution in [0.5, 0.6) is 0 Å². The minimum Gasteiger partial charge on any atom is -0.351 e. The van der Waals surface area contributed by atoms with Crippen LogP contribution in [-0.2, 0) is 5.41 Å². The maximum Gasteiger partial charge on any atom is 0.154 e. The SMILES string of the molecule is CC(C)(C)c1cc2c(N3CCN(c4nccn5nccc45)CC3)nccn2n1. The Kier molecular flexibility index (Phi) is 3.75. The van der Waals surface area contributed by atoms with Gasteiger partial charge in [-0.25, -0.2) is 19.0 Å². The summed E-state index contributed by atoms with van der Waals surface area (Å²) in [4.78, 5) is 13.9. The molecular weight excluding hydrogens is 352 g/mol. The molecule has 144 valence electrons. The van der Waals surface area contributed by atoms with Gasteiger partial charge in [-0.05, 0) is 12.1 Å². The highest BCUT2D eigenvalue weighted by Gasteiger charge is 2.24. The van der Waals surface area contributed by atoms with E-state index in [0.717, 1.165) is 54.5 Å². The summed E-state index contributed by atoms with van der Waals surface area (Å²) >= 11 is 0. The van der Waals surface area contributed by atoms with E-state index >= 15 is 0 Å². The first-order valence-corrected chi connectivity index (χ1v) is 9.64. The van der Waals surface area contributed by atoms with E-state index in [1.807, 2.05) is 46.1 Å². The van der Waals surface area contributed by atoms with Crippen LogP contribution in [0.3, 0.4) is 0 Å². The molecule has 0 spiro atoms. The number of hydrogen-bond acceptors (Lipinski definition) is 6. The van der Waals surface area contributed by atoms with E-state index in [2.05, 4.69) is 51.7 Å². The molecule has 1 saturated heterocycles. The number of anilines is 2. The second kappa shape index (κ2) is 6.19. The number of piperazine rings is 1. The van der Waals surface area contributed by atoms with Crippen molar-refractivity contribution in [2.24, 2.45) is 0 Å². The highest BCUT2D eigenvalue weighted by molar-refractivity contribution is 5.71. The third-order valence-electron chi connectivity index (χ3n) is 5.32. The van der Waals surface area contributed by atoms with Crippen LogP contribution in [0, 0.1) is 0 Å². The minimum absolute atomic E-state index is 0.0115. The molecule has 4 aromatic heterocycles. The average Bonchev–Trinajstić information content (AvgIpc) is 3.34. The maximum atomic E-state index is 4.75. The molecule has 1 aliphatic rings. The third-order valence-corrected chi connectivity index (χ3v) is 5.32. The molecule has 0 bridgehead atoms. The van der Waals surface area contributed by atoms with E-state index in [1.165, 1.54) is 0 Å². The van der Waals surface area contributed by atoms with Crippen molar-refractivity contribution in [1.29, 1.82) is 0 Å². The van der Waals surface area contributed by atoms with Crippen LogP contribution < -0.4 is 9.80 Å². The van der Waals surface area contributed by atoms with Crippen molar-refractivity contribution in [2.75, 3.05) is 36.0 Å². The molecule has 8 nitrogen and oxygen atoms in total. The fourth-order valence-corrected chi connectivity index (χ4v) is 3.74. The zero-order valence-corrected chi connectivity index (χ0v) is 16.4. The maximum absolute atomic E-state index is 4.75. The monoisotopic (exact) mass is 376 g/mol. The van der Waals surface area contributed by atoms with Crippen molar-refractivity contribution in [3.63, 3.8) is 0 Å². The van der Waals surface area contributed by atoms with Gasteiger partial charge < -0.3 is 9.80 Å². The van der Waals surface area contributed by atoms with E-state index in [0.29, 0.717) is 0 Å². The van der Waals surface area contributed by atoms with Gasteiger partial charge in [-0.15, -0.1) is 0 Å². The lowest BCUT2D eigenvalue weighted by atomic mass is 9.92. The van der Waals surface area contributed by atoms with Crippen LogP contribution in [0.15, 0.2) is 43.1 Å². The summed E-state index contributed by atoms with van der Waals surface area (Å²) in [6.07, 6.45) is 9.27. The lowest BCUT2D eigenvalue weighted by Crippen LogP contribution is -2.47. The Bertz CT molecular complexity index is 1130. The van der Waals surface area contributed by atoms with Gasteiger partial charge in [-0.1, -0.05) is 20.8 Å². The molecule has 0 aromatic carbocycles. The van der Waals surface area contributed by atoms with Gasteiger partial charge in [0.15, 0.2) is 11.6 Å². The van der Waals surface area contributed by atoms with Gasteiger partial charge in [0.1, 0.15) is 11.0 Å². The normalized spacial score (nSPS) is 15.7. The van der Waals surface area contributed by atoms with Crippen LogP contribution in [0.1, 0.15) is 26.5 Å². The van der Waals surface area contributed by atoms with Crippen LogP contribution in [0.2, 0.25) is 0 Å². The standard InChI is InChI=1S/C20H24N8/c1-20(2,3)17-14-16-19(22-7-9-28(16)24-17)26-12-10-25(11-13-26)18-15-4-5-23-27(15)8-6-21-18/h4-9,14H,10-13H2,1-3H3. The molecule has 0 N–H and O–H groups in total. The molecule has 0 saturated carbocycles.